The molecule has 2 aliphatic heterocycles. The Morgan fingerprint density at radius 3 is 2.53 bits per heavy atom. The Kier molecular flexibility index (Phi) is 7.49. The molecular weight excluding hydrogens is 471 g/mol. The molecular formula is C20H23ClF3N3O4S. The van der Waals surface area contributed by atoms with E-state index in [0.717, 1.165) is 4.90 Å². The molecule has 2 heterocycles. The number of alkyl halides is 3. The van der Waals surface area contributed by atoms with Crippen molar-refractivity contribution >= 4 is 39.1 Å². The van der Waals surface area contributed by atoms with Gasteiger partial charge in [0.2, 0.25) is 11.8 Å². The number of amidine groups is 1. The molecule has 2 unspecified atom stereocenters. The highest BCUT2D eigenvalue weighted by Crippen LogP contribution is 2.30. The summed E-state index contributed by atoms with van der Waals surface area (Å²) < 4.78 is 61.0. The summed E-state index contributed by atoms with van der Waals surface area (Å²) in [6.07, 6.45) is -5.54. The molecule has 0 aliphatic carbocycles. The lowest BCUT2D eigenvalue weighted by atomic mass is 10.0. The molecule has 12 heteroatoms. The first-order chi connectivity index (χ1) is 14.9. The molecule has 32 heavy (non-hydrogen) atoms. The molecule has 0 spiro atoms. The van der Waals surface area contributed by atoms with Crippen LogP contribution in [0.25, 0.3) is 0 Å². The molecule has 176 valence electrons. The fourth-order valence-corrected chi connectivity index (χ4v) is 5.54. The Morgan fingerprint density at radius 1 is 1.25 bits per heavy atom. The number of rotatable bonds is 7. The zero-order valence-electron chi connectivity index (χ0n) is 17.1. The van der Waals surface area contributed by atoms with E-state index in [-0.39, 0.29) is 43.0 Å². The second-order valence-electron chi connectivity index (χ2n) is 7.93. The molecule has 1 fully saturated rings. The van der Waals surface area contributed by atoms with E-state index in [1.807, 2.05) is 0 Å². The average Bonchev–Trinajstić information content (AvgIpc) is 3.02. The van der Waals surface area contributed by atoms with Gasteiger partial charge in [0.15, 0.2) is 9.84 Å². The van der Waals surface area contributed by atoms with Crippen LogP contribution in [0, 0.1) is 0 Å². The van der Waals surface area contributed by atoms with Gasteiger partial charge in [-0.2, -0.15) is 13.2 Å². The maximum Gasteiger partial charge on any atom is 0.389 e. The number of nitrogens with zero attached hydrogens (tertiary/aromatic N) is 2. The average molecular weight is 494 g/mol. The van der Waals surface area contributed by atoms with Gasteiger partial charge in [-0.05, 0) is 30.5 Å². The number of aliphatic imine (C=N–C) groups is 1. The largest absolute Gasteiger partial charge is 0.389 e. The van der Waals surface area contributed by atoms with Gasteiger partial charge in [0.05, 0.1) is 24.0 Å². The first kappa shape index (κ1) is 24.5. The molecule has 1 aromatic carbocycles. The minimum Gasteiger partial charge on any atom is -0.351 e. The molecule has 0 radical (unpaired) electrons. The Labute approximate surface area is 188 Å². The first-order valence-electron chi connectivity index (χ1n) is 10.1. The number of amides is 2. The van der Waals surface area contributed by atoms with E-state index >= 15 is 0 Å². The van der Waals surface area contributed by atoms with E-state index in [2.05, 4.69) is 10.3 Å². The number of carbonyl (C=O) groups is 2. The van der Waals surface area contributed by atoms with E-state index in [1.165, 1.54) is 0 Å². The molecule has 0 bridgehead atoms. The fraction of sp³-hybridized carbons (Fsp3) is 0.550. The summed E-state index contributed by atoms with van der Waals surface area (Å²) in [5, 5.41) is 3.09. The highest BCUT2D eigenvalue weighted by Gasteiger charge is 2.34. The van der Waals surface area contributed by atoms with Gasteiger partial charge >= 0.3 is 6.18 Å². The van der Waals surface area contributed by atoms with Crippen molar-refractivity contribution in [2.45, 2.75) is 50.4 Å². The number of halogens is 4. The van der Waals surface area contributed by atoms with Crippen LogP contribution < -0.4 is 5.32 Å². The van der Waals surface area contributed by atoms with Gasteiger partial charge in [-0.3, -0.25) is 19.5 Å². The monoisotopic (exact) mass is 493 g/mol. The van der Waals surface area contributed by atoms with Crippen molar-refractivity contribution in [3.05, 3.63) is 34.9 Å². The van der Waals surface area contributed by atoms with Crippen molar-refractivity contribution < 1.29 is 31.2 Å². The predicted molar refractivity (Wildman–Crippen MR) is 113 cm³/mol. The van der Waals surface area contributed by atoms with E-state index in [1.54, 1.807) is 24.3 Å². The van der Waals surface area contributed by atoms with Crippen LogP contribution in [0.4, 0.5) is 13.2 Å². The summed E-state index contributed by atoms with van der Waals surface area (Å²) >= 11 is 5.89. The molecule has 1 aromatic rings. The number of benzene rings is 1. The zero-order chi connectivity index (χ0) is 23.5. The third-order valence-electron chi connectivity index (χ3n) is 5.30. The Hall–Kier alpha value is -2.14. The predicted octanol–water partition coefficient (Wildman–Crippen LogP) is 3.05. The first-order valence-corrected chi connectivity index (χ1v) is 12.3. The van der Waals surface area contributed by atoms with Gasteiger partial charge in [-0.1, -0.05) is 23.7 Å². The van der Waals surface area contributed by atoms with Crippen LogP contribution in [-0.4, -0.2) is 61.2 Å². The normalized spacial score (nSPS) is 23.2. The fourth-order valence-electron chi connectivity index (χ4n) is 3.74. The van der Waals surface area contributed by atoms with Gasteiger partial charge in [0.25, 0.3) is 0 Å². The van der Waals surface area contributed by atoms with Crippen LogP contribution in [-0.2, 0) is 19.4 Å². The second-order valence-corrected chi connectivity index (χ2v) is 10.6. The van der Waals surface area contributed by atoms with E-state index < -0.39 is 52.9 Å². The molecule has 1 saturated heterocycles. The number of sulfone groups is 1. The molecule has 2 atom stereocenters. The van der Waals surface area contributed by atoms with Gasteiger partial charge in [-0.15, -0.1) is 0 Å². The number of hydrogen-bond donors (Lipinski definition) is 1. The topological polar surface area (TPSA) is 95.9 Å². The summed E-state index contributed by atoms with van der Waals surface area (Å²) in [5.74, 6) is -1.09. The maximum absolute atomic E-state index is 12.8. The van der Waals surface area contributed by atoms with E-state index in [4.69, 9.17) is 11.6 Å². The lowest BCUT2D eigenvalue weighted by Gasteiger charge is -2.31. The lowest BCUT2D eigenvalue weighted by Crippen LogP contribution is -2.48. The van der Waals surface area contributed by atoms with Gasteiger partial charge < -0.3 is 5.32 Å². The Balaban J connectivity index is 1.74. The summed E-state index contributed by atoms with van der Waals surface area (Å²) in [4.78, 5) is 30.8. The van der Waals surface area contributed by atoms with Crippen LogP contribution >= 0.6 is 11.6 Å². The van der Waals surface area contributed by atoms with Crippen molar-refractivity contribution in [3.63, 3.8) is 0 Å². The van der Waals surface area contributed by atoms with Crippen molar-refractivity contribution in [2.75, 3.05) is 18.1 Å². The molecule has 0 aromatic heterocycles. The Morgan fingerprint density at radius 2 is 1.94 bits per heavy atom. The number of hydrogen-bond acceptors (Lipinski definition) is 5. The van der Waals surface area contributed by atoms with Crippen LogP contribution in [0.1, 0.15) is 43.7 Å². The van der Waals surface area contributed by atoms with Crippen molar-refractivity contribution in [1.82, 2.24) is 10.2 Å². The summed E-state index contributed by atoms with van der Waals surface area (Å²) in [7, 11) is -3.20. The lowest BCUT2D eigenvalue weighted by molar-refractivity contribution is -0.135. The summed E-state index contributed by atoms with van der Waals surface area (Å²) in [6, 6.07) is 5.53. The van der Waals surface area contributed by atoms with E-state index in [9.17, 15) is 31.2 Å². The molecule has 3 rings (SSSR count). The summed E-state index contributed by atoms with van der Waals surface area (Å²) in [5.41, 5.74) is 0.691. The van der Waals surface area contributed by atoms with E-state index in [0.29, 0.717) is 10.6 Å². The summed E-state index contributed by atoms with van der Waals surface area (Å²) in [6.45, 7) is -0.423. The molecule has 2 amide bonds. The van der Waals surface area contributed by atoms with Crippen LogP contribution in [0.3, 0.4) is 0 Å². The Bertz CT molecular complexity index is 996. The van der Waals surface area contributed by atoms with Gasteiger partial charge in [-0.25, -0.2) is 8.42 Å². The molecule has 0 saturated carbocycles. The van der Waals surface area contributed by atoms with Crippen molar-refractivity contribution in [1.29, 1.82) is 0 Å². The van der Waals surface area contributed by atoms with Crippen LogP contribution in [0.5, 0.6) is 0 Å². The van der Waals surface area contributed by atoms with Crippen molar-refractivity contribution in [3.8, 4) is 0 Å². The maximum atomic E-state index is 12.8. The molecule has 2 aliphatic rings. The van der Waals surface area contributed by atoms with Crippen LogP contribution in [0.15, 0.2) is 29.3 Å². The molecule has 1 N–H and O–H groups in total. The molecule has 7 nitrogen and oxygen atoms in total. The quantitative estimate of drug-likeness (QED) is 0.631. The minimum absolute atomic E-state index is 0.0203. The highest BCUT2D eigenvalue weighted by atomic mass is 35.5. The standard InChI is InChI=1S/C20H23ClF3N3O4S/c21-14-5-3-13(4-6-14)16-10-19(29)27(17(26-16)2-1-8-20(22,23)24)11-18(28)25-15-7-9-32(30,31)12-15/h3-6,15-16H,1-2,7-12H2,(H,25,28). The third-order valence-corrected chi connectivity index (χ3v) is 7.32. The third kappa shape index (κ3) is 6.93. The number of carbonyl (C=O) groups excluding carboxylic acids is 2. The minimum atomic E-state index is -4.34. The SMILES string of the molecule is O=C(CN1C(=O)CC(c2ccc(Cl)cc2)N=C1CCCC(F)(F)F)NC1CCS(=O)(=O)C1. The smallest absolute Gasteiger partial charge is 0.351 e. The zero-order valence-corrected chi connectivity index (χ0v) is 18.6. The second kappa shape index (κ2) is 9.78. The van der Waals surface area contributed by atoms with Crippen LogP contribution in [0.2, 0.25) is 5.02 Å². The van der Waals surface area contributed by atoms with Gasteiger partial charge in [0.1, 0.15) is 12.4 Å². The number of nitrogens with one attached hydrogen (secondary N) is 1. The van der Waals surface area contributed by atoms with Crippen molar-refractivity contribution in [2.24, 2.45) is 4.99 Å². The highest BCUT2D eigenvalue weighted by molar-refractivity contribution is 7.91. The van der Waals surface area contributed by atoms with Gasteiger partial charge in [0, 0.05) is 23.9 Å².